The van der Waals surface area contributed by atoms with Crippen molar-refractivity contribution in [2.45, 2.75) is 0 Å². The zero-order valence-corrected chi connectivity index (χ0v) is 15.4. The van der Waals surface area contributed by atoms with Crippen molar-refractivity contribution in [3.05, 3.63) is 77.0 Å². The zero-order chi connectivity index (χ0) is 19.2. The molecule has 0 aliphatic heterocycles. The summed E-state index contributed by atoms with van der Waals surface area (Å²) in [5.74, 6) is 0.0463. The number of nitrogens with zero attached hydrogens (tertiary/aromatic N) is 1. The topological polar surface area (TPSA) is 86.9 Å². The van der Waals surface area contributed by atoms with Crippen LogP contribution in [0.3, 0.4) is 0 Å². The van der Waals surface area contributed by atoms with Crippen LogP contribution in [0.4, 0.5) is 5.69 Å². The van der Waals surface area contributed by atoms with Crippen LogP contribution in [0.2, 0.25) is 5.02 Å². The van der Waals surface area contributed by atoms with E-state index in [4.69, 9.17) is 33.3 Å². The molecular formula is C19H14ClN3O3S. The number of furan rings is 1. The fourth-order valence-corrected chi connectivity index (χ4v) is 2.53. The van der Waals surface area contributed by atoms with Gasteiger partial charge >= 0.3 is 5.97 Å². The number of rotatable bonds is 5. The van der Waals surface area contributed by atoms with Gasteiger partial charge in [-0.25, -0.2) is 4.79 Å². The quantitative estimate of drug-likeness (QED) is 0.329. The second-order valence-electron chi connectivity index (χ2n) is 5.42. The van der Waals surface area contributed by atoms with Crippen LogP contribution < -0.4 is 10.7 Å². The van der Waals surface area contributed by atoms with Crippen molar-refractivity contribution in [3.63, 3.8) is 0 Å². The molecule has 3 aromatic rings. The van der Waals surface area contributed by atoms with E-state index >= 15 is 0 Å². The minimum absolute atomic E-state index is 0.194. The lowest BCUT2D eigenvalue weighted by Gasteiger charge is -2.06. The fraction of sp³-hybridized carbons (Fsp3) is 0. The van der Waals surface area contributed by atoms with Crippen molar-refractivity contribution >= 4 is 46.8 Å². The van der Waals surface area contributed by atoms with Crippen LogP contribution in [0.15, 0.2) is 70.2 Å². The van der Waals surface area contributed by atoms with Gasteiger partial charge in [0, 0.05) is 16.3 Å². The minimum Gasteiger partial charge on any atom is -0.478 e. The van der Waals surface area contributed by atoms with Gasteiger partial charge in [0.1, 0.15) is 11.5 Å². The third-order valence-corrected chi connectivity index (χ3v) is 3.93. The van der Waals surface area contributed by atoms with Gasteiger partial charge in [0.25, 0.3) is 0 Å². The number of carbonyl (C=O) groups is 1. The molecule has 0 saturated carbocycles. The molecule has 3 N–H and O–H groups in total. The molecule has 3 rings (SSSR count). The highest BCUT2D eigenvalue weighted by atomic mass is 35.5. The molecule has 8 heteroatoms. The molecule has 0 spiro atoms. The zero-order valence-electron chi connectivity index (χ0n) is 13.8. The van der Waals surface area contributed by atoms with Crippen LogP contribution in [-0.2, 0) is 0 Å². The van der Waals surface area contributed by atoms with Crippen molar-refractivity contribution in [1.29, 1.82) is 0 Å². The largest absolute Gasteiger partial charge is 0.478 e. The van der Waals surface area contributed by atoms with E-state index in [1.807, 2.05) is 0 Å². The maximum Gasteiger partial charge on any atom is 0.335 e. The van der Waals surface area contributed by atoms with Crippen LogP contribution >= 0.6 is 23.8 Å². The lowest BCUT2D eigenvalue weighted by Crippen LogP contribution is -2.23. The van der Waals surface area contributed by atoms with Gasteiger partial charge in [0.2, 0.25) is 0 Å². The van der Waals surface area contributed by atoms with E-state index in [0.717, 1.165) is 5.69 Å². The van der Waals surface area contributed by atoms with E-state index < -0.39 is 5.97 Å². The molecule has 6 nitrogen and oxygen atoms in total. The van der Waals surface area contributed by atoms with E-state index in [2.05, 4.69) is 15.8 Å². The van der Waals surface area contributed by atoms with Crippen molar-refractivity contribution in [3.8, 4) is 11.3 Å². The number of anilines is 1. The van der Waals surface area contributed by atoms with Crippen LogP contribution in [0.1, 0.15) is 16.1 Å². The Labute approximate surface area is 165 Å². The normalized spacial score (nSPS) is 10.7. The molecule has 0 aliphatic rings. The summed E-state index contributed by atoms with van der Waals surface area (Å²) in [5.41, 5.74) is 4.33. The second-order valence-corrected chi connectivity index (χ2v) is 6.26. The summed E-state index contributed by atoms with van der Waals surface area (Å²) in [7, 11) is 0. The number of carboxylic acids is 1. The molecular weight excluding hydrogens is 386 g/mol. The summed E-state index contributed by atoms with van der Waals surface area (Å²) in [6.45, 7) is 0. The van der Waals surface area contributed by atoms with Gasteiger partial charge in [-0.15, -0.1) is 0 Å². The van der Waals surface area contributed by atoms with Crippen LogP contribution in [-0.4, -0.2) is 22.4 Å². The number of carboxylic acid groups (broad SMARTS) is 1. The van der Waals surface area contributed by atoms with Gasteiger partial charge in [-0.3, -0.25) is 5.43 Å². The molecule has 0 bridgehead atoms. The molecule has 1 heterocycles. The molecule has 0 aliphatic carbocycles. The number of benzene rings is 2. The molecule has 136 valence electrons. The standard InChI is InChI=1S/C19H14ClN3O3S/c20-14-4-6-15(7-5-14)22-19(27)23-21-11-16-8-9-17(26-16)12-2-1-3-13(10-12)18(24)25/h1-11H,(H,24,25)(H2,22,23,27)/b21-11+. The predicted molar refractivity (Wildman–Crippen MR) is 110 cm³/mol. The van der Waals surface area contributed by atoms with Gasteiger partial charge in [0.15, 0.2) is 5.11 Å². The van der Waals surface area contributed by atoms with Crippen molar-refractivity contribution in [2.75, 3.05) is 5.32 Å². The lowest BCUT2D eigenvalue weighted by atomic mass is 10.1. The third kappa shape index (κ3) is 5.16. The summed E-state index contributed by atoms with van der Waals surface area (Å²) in [4.78, 5) is 11.1. The van der Waals surface area contributed by atoms with Gasteiger partial charge in [-0.2, -0.15) is 5.10 Å². The Morgan fingerprint density at radius 2 is 1.93 bits per heavy atom. The fourth-order valence-electron chi connectivity index (χ4n) is 2.23. The van der Waals surface area contributed by atoms with E-state index in [0.29, 0.717) is 27.2 Å². The number of hydrazone groups is 1. The number of thiocarbonyl (C=S) groups is 1. The lowest BCUT2D eigenvalue weighted by molar-refractivity contribution is 0.0697. The number of hydrogen-bond donors (Lipinski definition) is 3. The Morgan fingerprint density at radius 1 is 1.15 bits per heavy atom. The summed E-state index contributed by atoms with van der Waals surface area (Å²) in [6, 6.07) is 17.1. The average molecular weight is 400 g/mol. The first-order valence-electron chi connectivity index (χ1n) is 7.80. The van der Waals surface area contributed by atoms with Crippen molar-refractivity contribution < 1.29 is 14.3 Å². The van der Waals surface area contributed by atoms with Crippen molar-refractivity contribution in [1.82, 2.24) is 5.43 Å². The first-order valence-corrected chi connectivity index (χ1v) is 8.59. The molecule has 0 unspecified atom stereocenters. The Kier molecular flexibility index (Phi) is 5.85. The number of halogens is 1. The maximum atomic E-state index is 11.1. The molecule has 0 fully saturated rings. The molecule has 0 saturated heterocycles. The minimum atomic E-state index is -0.990. The molecule has 27 heavy (non-hydrogen) atoms. The van der Waals surface area contributed by atoms with Crippen LogP contribution in [0.25, 0.3) is 11.3 Å². The summed E-state index contributed by atoms with van der Waals surface area (Å²) in [5, 5.41) is 17.0. The number of aromatic carboxylic acids is 1. The first kappa shape index (κ1) is 18.6. The molecule has 0 radical (unpaired) electrons. The first-order chi connectivity index (χ1) is 13.0. The SMILES string of the molecule is O=C(O)c1cccc(-c2ccc(/C=N/NC(=S)Nc3ccc(Cl)cc3)o2)c1. The highest BCUT2D eigenvalue weighted by Crippen LogP contribution is 2.22. The number of nitrogens with one attached hydrogen (secondary N) is 2. The summed E-state index contributed by atoms with van der Waals surface area (Å²) < 4.78 is 5.66. The highest BCUT2D eigenvalue weighted by molar-refractivity contribution is 7.80. The second kappa shape index (κ2) is 8.48. The third-order valence-electron chi connectivity index (χ3n) is 3.48. The van der Waals surface area contributed by atoms with E-state index in [-0.39, 0.29) is 5.56 Å². The van der Waals surface area contributed by atoms with Gasteiger partial charge in [-0.1, -0.05) is 23.7 Å². The summed E-state index contributed by atoms with van der Waals surface area (Å²) in [6.07, 6.45) is 1.47. The predicted octanol–water partition coefficient (Wildman–Crippen LogP) is 4.62. The monoisotopic (exact) mass is 399 g/mol. The maximum absolute atomic E-state index is 11.1. The molecule has 0 amide bonds. The van der Waals surface area contributed by atoms with Gasteiger partial charge < -0.3 is 14.8 Å². The smallest absolute Gasteiger partial charge is 0.335 e. The Balaban J connectivity index is 1.60. The Morgan fingerprint density at radius 3 is 2.67 bits per heavy atom. The van der Waals surface area contributed by atoms with Gasteiger partial charge in [0.05, 0.1) is 11.8 Å². The average Bonchev–Trinajstić information content (AvgIpc) is 3.13. The molecule has 1 aromatic heterocycles. The van der Waals surface area contributed by atoms with Crippen LogP contribution in [0.5, 0.6) is 0 Å². The molecule has 0 atom stereocenters. The van der Waals surface area contributed by atoms with E-state index in [9.17, 15) is 4.79 Å². The summed E-state index contributed by atoms with van der Waals surface area (Å²) >= 11 is 11.0. The van der Waals surface area contributed by atoms with Crippen LogP contribution in [0, 0.1) is 0 Å². The van der Waals surface area contributed by atoms with E-state index in [1.54, 1.807) is 54.6 Å². The molecule has 2 aromatic carbocycles. The van der Waals surface area contributed by atoms with E-state index in [1.165, 1.54) is 12.3 Å². The van der Waals surface area contributed by atoms with Gasteiger partial charge in [-0.05, 0) is 60.7 Å². The highest BCUT2D eigenvalue weighted by Gasteiger charge is 2.08. The number of hydrogen-bond acceptors (Lipinski definition) is 4. The Hall–Kier alpha value is -3.16. The van der Waals surface area contributed by atoms with Crippen molar-refractivity contribution in [2.24, 2.45) is 5.10 Å². The Bertz CT molecular complexity index is 999.